The van der Waals surface area contributed by atoms with Crippen LogP contribution in [-0.2, 0) is 11.3 Å². The van der Waals surface area contributed by atoms with E-state index in [1.807, 2.05) is 35.2 Å². The highest BCUT2D eigenvalue weighted by Gasteiger charge is 2.38. The third-order valence-corrected chi connectivity index (χ3v) is 5.13. The molecule has 0 saturated carbocycles. The molecule has 0 bridgehead atoms. The zero-order chi connectivity index (χ0) is 21.4. The molecular weight excluding hydrogens is 396 g/mol. The van der Waals surface area contributed by atoms with E-state index in [1.165, 1.54) is 11.2 Å². The Morgan fingerprint density at radius 3 is 2.61 bits per heavy atom. The summed E-state index contributed by atoms with van der Waals surface area (Å²) >= 11 is 0. The van der Waals surface area contributed by atoms with Crippen LogP contribution in [0.5, 0.6) is 11.5 Å². The summed E-state index contributed by atoms with van der Waals surface area (Å²) < 4.78 is 7.34. The van der Waals surface area contributed by atoms with E-state index < -0.39 is 0 Å². The summed E-state index contributed by atoms with van der Waals surface area (Å²) in [7, 11) is 1.68. The molecule has 3 aromatic rings. The summed E-state index contributed by atoms with van der Waals surface area (Å²) in [5.74, 6) is 2.09. The molecule has 5 rings (SSSR count). The molecule has 0 radical (unpaired) electrons. The highest BCUT2D eigenvalue weighted by Crippen LogP contribution is 2.28. The van der Waals surface area contributed by atoms with Gasteiger partial charge in [-0.05, 0) is 36.4 Å². The number of benzene rings is 2. The average Bonchev–Trinajstić information content (AvgIpc) is 3.42. The van der Waals surface area contributed by atoms with Crippen molar-refractivity contribution in [1.82, 2.24) is 14.5 Å². The smallest absolute Gasteiger partial charge is 0.280 e. The molecule has 2 aliphatic rings. The zero-order valence-corrected chi connectivity index (χ0v) is 16.9. The topological polar surface area (TPSA) is 92.1 Å². The van der Waals surface area contributed by atoms with E-state index in [0.29, 0.717) is 42.0 Å². The molecule has 2 amide bonds. The van der Waals surface area contributed by atoms with Crippen molar-refractivity contribution >= 4 is 29.3 Å². The van der Waals surface area contributed by atoms with Crippen LogP contribution >= 0.6 is 0 Å². The maximum absolute atomic E-state index is 12.8. The summed E-state index contributed by atoms with van der Waals surface area (Å²) in [6.45, 7) is 1.26. The van der Waals surface area contributed by atoms with Crippen LogP contribution in [0.25, 0.3) is 0 Å². The molecule has 156 valence electrons. The summed E-state index contributed by atoms with van der Waals surface area (Å²) in [5, 5.41) is 2.85. The van der Waals surface area contributed by atoms with Gasteiger partial charge in [0.25, 0.3) is 5.91 Å². The van der Waals surface area contributed by atoms with Gasteiger partial charge in [0.1, 0.15) is 18.0 Å². The van der Waals surface area contributed by atoms with E-state index in [9.17, 15) is 9.59 Å². The van der Waals surface area contributed by atoms with E-state index in [2.05, 4.69) is 15.3 Å². The summed E-state index contributed by atoms with van der Waals surface area (Å²) in [5.41, 5.74) is 1.03. The summed E-state index contributed by atoms with van der Waals surface area (Å²) in [4.78, 5) is 37.5. The number of rotatable bonds is 5. The highest BCUT2D eigenvalue weighted by molar-refractivity contribution is 6.17. The molecule has 0 saturated heterocycles. The number of aromatic nitrogens is 2. The molecule has 2 aliphatic heterocycles. The van der Waals surface area contributed by atoms with Gasteiger partial charge in [-0.3, -0.25) is 24.4 Å². The predicted molar refractivity (Wildman–Crippen MR) is 116 cm³/mol. The van der Waals surface area contributed by atoms with Gasteiger partial charge in [-0.1, -0.05) is 18.2 Å². The number of fused-ring (bicyclic) bond motifs is 3. The number of nitrogens with zero attached hydrogens (tertiary/aromatic N) is 5. The number of aliphatic imine (C=N–C) groups is 1. The van der Waals surface area contributed by atoms with Gasteiger partial charge in [-0.15, -0.1) is 0 Å². The first-order chi connectivity index (χ1) is 15.1. The monoisotopic (exact) mass is 416 g/mol. The number of amides is 2. The molecule has 1 N–H and O–H groups in total. The second-order valence-electron chi connectivity index (χ2n) is 7.23. The molecular formula is C22H20N6O3. The van der Waals surface area contributed by atoms with Crippen molar-refractivity contribution in [2.45, 2.75) is 6.54 Å². The molecule has 9 nitrogen and oxygen atoms in total. The summed E-state index contributed by atoms with van der Waals surface area (Å²) in [6.07, 6.45) is 1.52. The standard InChI is InChI=1S/C22H20N6O3/c1-26-21(30)19-20(28-12-11-23-22(26)28)24-14-27(19)13-18(29)25-15-7-9-17(10-8-15)31-16-5-3-2-4-6-16/h2-10,14H,11-13H2,1H3,(H,25,29). The maximum atomic E-state index is 12.8. The van der Waals surface area contributed by atoms with E-state index in [1.54, 1.807) is 35.9 Å². The lowest BCUT2D eigenvalue weighted by Crippen LogP contribution is -2.48. The van der Waals surface area contributed by atoms with Gasteiger partial charge in [0.15, 0.2) is 11.5 Å². The molecule has 0 aliphatic carbocycles. The first kappa shape index (κ1) is 18.9. The lowest BCUT2D eigenvalue weighted by Gasteiger charge is -2.31. The van der Waals surface area contributed by atoms with E-state index in [4.69, 9.17) is 4.74 Å². The minimum absolute atomic E-state index is 0.0233. The second-order valence-corrected chi connectivity index (χ2v) is 7.23. The van der Waals surface area contributed by atoms with Gasteiger partial charge in [-0.25, -0.2) is 4.98 Å². The normalized spacial score (nSPS) is 14.7. The van der Waals surface area contributed by atoms with Crippen LogP contribution in [0.4, 0.5) is 11.5 Å². The lowest BCUT2D eigenvalue weighted by atomic mass is 10.2. The van der Waals surface area contributed by atoms with E-state index in [0.717, 1.165) is 5.75 Å². The Kier molecular flexibility index (Phi) is 4.62. The van der Waals surface area contributed by atoms with Crippen LogP contribution in [0.2, 0.25) is 0 Å². The van der Waals surface area contributed by atoms with Crippen molar-refractivity contribution in [3.63, 3.8) is 0 Å². The Balaban J connectivity index is 1.27. The Labute approximate surface area is 178 Å². The number of carbonyl (C=O) groups is 2. The Hall–Kier alpha value is -4.14. The fourth-order valence-corrected chi connectivity index (χ4v) is 3.67. The van der Waals surface area contributed by atoms with Crippen molar-refractivity contribution in [1.29, 1.82) is 0 Å². The SMILES string of the molecule is CN1C(=O)c2c(ncn2CC(=O)Nc2ccc(Oc3ccccc3)cc2)N2CCN=C12. The highest BCUT2D eigenvalue weighted by atomic mass is 16.5. The lowest BCUT2D eigenvalue weighted by molar-refractivity contribution is -0.116. The second kappa shape index (κ2) is 7.60. The summed E-state index contributed by atoms with van der Waals surface area (Å²) in [6, 6.07) is 16.6. The number of anilines is 2. The first-order valence-electron chi connectivity index (χ1n) is 9.88. The van der Waals surface area contributed by atoms with Crippen LogP contribution < -0.4 is 15.0 Å². The quantitative estimate of drug-likeness (QED) is 0.690. The molecule has 1 aromatic heterocycles. The fraction of sp³-hybridized carbons (Fsp3) is 0.182. The van der Waals surface area contributed by atoms with Crippen molar-refractivity contribution in [2.24, 2.45) is 4.99 Å². The van der Waals surface area contributed by atoms with Crippen LogP contribution in [0, 0.1) is 0 Å². The number of imidazole rings is 1. The molecule has 0 unspecified atom stereocenters. The number of carbonyl (C=O) groups excluding carboxylic acids is 2. The third-order valence-electron chi connectivity index (χ3n) is 5.13. The van der Waals surface area contributed by atoms with Gasteiger partial charge in [-0.2, -0.15) is 0 Å². The maximum Gasteiger partial charge on any atom is 0.280 e. The Bertz CT molecular complexity index is 1170. The van der Waals surface area contributed by atoms with E-state index >= 15 is 0 Å². The fourth-order valence-electron chi connectivity index (χ4n) is 3.67. The minimum Gasteiger partial charge on any atom is -0.457 e. The van der Waals surface area contributed by atoms with Crippen molar-refractivity contribution in [3.05, 3.63) is 66.6 Å². The van der Waals surface area contributed by atoms with Gasteiger partial charge < -0.3 is 14.6 Å². The molecule has 0 atom stereocenters. The van der Waals surface area contributed by atoms with Gasteiger partial charge in [0.05, 0.1) is 12.9 Å². The molecule has 31 heavy (non-hydrogen) atoms. The van der Waals surface area contributed by atoms with Crippen molar-refractivity contribution < 1.29 is 14.3 Å². The molecule has 2 aromatic carbocycles. The average molecular weight is 416 g/mol. The molecule has 0 spiro atoms. The number of nitrogens with one attached hydrogen (secondary N) is 1. The predicted octanol–water partition coefficient (Wildman–Crippen LogP) is 2.58. The number of para-hydroxylation sites is 1. The van der Waals surface area contributed by atoms with E-state index in [-0.39, 0.29) is 18.4 Å². The van der Waals surface area contributed by atoms with Gasteiger partial charge in [0.2, 0.25) is 11.9 Å². The number of hydrogen-bond acceptors (Lipinski definition) is 6. The van der Waals surface area contributed by atoms with Crippen molar-refractivity contribution in [2.75, 3.05) is 30.4 Å². The van der Waals surface area contributed by atoms with Gasteiger partial charge >= 0.3 is 0 Å². The van der Waals surface area contributed by atoms with Crippen LogP contribution in [0.1, 0.15) is 10.5 Å². The zero-order valence-electron chi connectivity index (χ0n) is 16.9. The number of guanidine groups is 1. The molecule has 3 heterocycles. The number of ether oxygens (including phenoxy) is 1. The Morgan fingerprint density at radius 1 is 1.10 bits per heavy atom. The molecule has 9 heteroatoms. The minimum atomic E-state index is -0.256. The van der Waals surface area contributed by atoms with Crippen LogP contribution in [0.3, 0.4) is 0 Å². The third kappa shape index (κ3) is 3.50. The van der Waals surface area contributed by atoms with Gasteiger partial charge in [0, 0.05) is 19.3 Å². The molecule has 0 fully saturated rings. The van der Waals surface area contributed by atoms with Crippen LogP contribution in [-0.4, -0.2) is 52.4 Å². The Morgan fingerprint density at radius 2 is 1.84 bits per heavy atom. The largest absolute Gasteiger partial charge is 0.457 e. The van der Waals surface area contributed by atoms with Crippen molar-refractivity contribution in [3.8, 4) is 11.5 Å². The number of hydrogen-bond donors (Lipinski definition) is 1. The van der Waals surface area contributed by atoms with Crippen LogP contribution in [0.15, 0.2) is 65.9 Å². The first-order valence-corrected chi connectivity index (χ1v) is 9.88.